The van der Waals surface area contributed by atoms with E-state index in [1.54, 1.807) is 30.3 Å². The first kappa shape index (κ1) is 19.6. The molecule has 1 heterocycles. The summed E-state index contributed by atoms with van der Waals surface area (Å²) in [7, 11) is 0. The Balaban J connectivity index is 1.85. The molecule has 0 spiro atoms. The molecule has 2 N–H and O–H groups in total. The minimum Gasteiger partial charge on any atom is -0.322 e. The van der Waals surface area contributed by atoms with Crippen molar-refractivity contribution >= 4 is 11.6 Å². The molecule has 1 aliphatic rings. The van der Waals surface area contributed by atoms with Crippen LogP contribution in [0.3, 0.4) is 0 Å². The molecule has 28 heavy (non-hydrogen) atoms. The van der Waals surface area contributed by atoms with Crippen LogP contribution in [0.5, 0.6) is 0 Å². The van der Waals surface area contributed by atoms with E-state index in [4.69, 9.17) is 5.26 Å². The molecular weight excluding hydrogens is 350 g/mol. The van der Waals surface area contributed by atoms with Crippen LogP contribution in [0.4, 0.5) is 5.69 Å². The highest BCUT2D eigenvalue weighted by Gasteiger charge is 2.18. The number of carbonyl (C=O) groups excluding carboxylic acids is 1. The number of nitrogens with zero attached hydrogens (tertiary/aromatic N) is 3. The number of amides is 1. The first-order valence-corrected chi connectivity index (χ1v) is 9.31. The Labute approximate surface area is 165 Å². The highest BCUT2D eigenvalue weighted by Crippen LogP contribution is 2.24. The van der Waals surface area contributed by atoms with Gasteiger partial charge in [-0.05, 0) is 55.3 Å². The third-order valence-electron chi connectivity index (χ3n) is 4.99. The zero-order valence-electron chi connectivity index (χ0n) is 16.1. The van der Waals surface area contributed by atoms with Gasteiger partial charge in [-0.3, -0.25) is 9.69 Å². The van der Waals surface area contributed by atoms with Crippen molar-refractivity contribution < 1.29 is 4.79 Å². The molecule has 1 atom stereocenters. The van der Waals surface area contributed by atoms with Gasteiger partial charge in [-0.1, -0.05) is 6.07 Å². The quantitative estimate of drug-likeness (QED) is 0.860. The third kappa shape index (κ3) is 4.55. The number of nitriles is 2. The minimum atomic E-state index is -0.294. The monoisotopic (exact) mass is 373 g/mol. The van der Waals surface area contributed by atoms with E-state index in [1.807, 2.05) is 19.1 Å². The van der Waals surface area contributed by atoms with Gasteiger partial charge in [-0.15, -0.1) is 0 Å². The Morgan fingerprint density at radius 2 is 2.04 bits per heavy atom. The molecule has 0 unspecified atom stereocenters. The van der Waals surface area contributed by atoms with Crippen LogP contribution >= 0.6 is 0 Å². The maximum Gasteiger partial charge on any atom is 0.255 e. The topological polar surface area (TPSA) is 91.9 Å². The summed E-state index contributed by atoms with van der Waals surface area (Å²) in [5, 5.41) is 24.8. The first-order chi connectivity index (χ1) is 13.5. The SMILES string of the molecule is Cc1c(CN2CCN[C@@H](C)C2)cc(C#N)cc1NC(=O)c1cccc(C#N)c1. The summed E-state index contributed by atoms with van der Waals surface area (Å²) in [4.78, 5) is 15.0. The predicted octanol–water partition coefficient (Wildman–Crippen LogP) is 2.78. The minimum absolute atomic E-state index is 0.294. The first-order valence-electron chi connectivity index (χ1n) is 9.31. The molecule has 0 bridgehead atoms. The molecule has 1 saturated heterocycles. The fourth-order valence-corrected chi connectivity index (χ4v) is 3.45. The lowest BCUT2D eigenvalue weighted by molar-refractivity contribution is 0.102. The average molecular weight is 373 g/mol. The zero-order chi connectivity index (χ0) is 20.1. The van der Waals surface area contributed by atoms with Gasteiger partial charge in [0.2, 0.25) is 0 Å². The van der Waals surface area contributed by atoms with Gasteiger partial charge in [0.25, 0.3) is 5.91 Å². The van der Waals surface area contributed by atoms with E-state index in [9.17, 15) is 10.1 Å². The molecule has 3 rings (SSSR count). The van der Waals surface area contributed by atoms with Crippen LogP contribution in [0.1, 0.15) is 39.5 Å². The van der Waals surface area contributed by atoms with Crippen molar-refractivity contribution in [2.75, 3.05) is 25.0 Å². The molecule has 0 saturated carbocycles. The number of piperazine rings is 1. The summed E-state index contributed by atoms with van der Waals surface area (Å²) < 4.78 is 0. The highest BCUT2D eigenvalue weighted by molar-refractivity contribution is 6.05. The lowest BCUT2D eigenvalue weighted by atomic mass is 10.0. The second-order valence-electron chi connectivity index (χ2n) is 7.16. The van der Waals surface area contributed by atoms with Gasteiger partial charge >= 0.3 is 0 Å². The Kier molecular flexibility index (Phi) is 6.06. The molecule has 6 heteroatoms. The number of hydrogen-bond donors (Lipinski definition) is 2. The molecule has 0 aromatic heterocycles. The van der Waals surface area contributed by atoms with Gasteiger partial charge in [0, 0.05) is 43.5 Å². The van der Waals surface area contributed by atoms with Crippen LogP contribution in [0.25, 0.3) is 0 Å². The number of carbonyl (C=O) groups is 1. The second-order valence-corrected chi connectivity index (χ2v) is 7.16. The van der Waals surface area contributed by atoms with Gasteiger partial charge in [-0.2, -0.15) is 10.5 Å². The van der Waals surface area contributed by atoms with Gasteiger partial charge in [0.1, 0.15) is 0 Å². The molecule has 0 radical (unpaired) electrons. The smallest absolute Gasteiger partial charge is 0.255 e. The molecule has 1 aliphatic heterocycles. The fourth-order valence-electron chi connectivity index (χ4n) is 3.45. The summed E-state index contributed by atoms with van der Waals surface area (Å²) in [6.45, 7) is 7.69. The summed E-state index contributed by atoms with van der Waals surface area (Å²) in [5.41, 5.74) is 3.99. The predicted molar refractivity (Wildman–Crippen MR) is 108 cm³/mol. The van der Waals surface area contributed by atoms with Crippen molar-refractivity contribution in [3.8, 4) is 12.1 Å². The third-order valence-corrected chi connectivity index (χ3v) is 4.99. The van der Waals surface area contributed by atoms with Gasteiger partial charge < -0.3 is 10.6 Å². The van der Waals surface area contributed by atoms with E-state index in [-0.39, 0.29) is 5.91 Å². The summed E-state index contributed by atoms with van der Waals surface area (Å²) in [6, 6.07) is 14.8. The molecular formula is C22H23N5O. The van der Waals surface area contributed by atoms with Crippen LogP contribution in [0, 0.1) is 29.6 Å². The van der Waals surface area contributed by atoms with E-state index in [0.29, 0.717) is 28.4 Å². The Bertz CT molecular complexity index is 970. The van der Waals surface area contributed by atoms with E-state index in [0.717, 1.165) is 37.3 Å². The normalized spacial score (nSPS) is 16.8. The van der Waals surface area contributed by atoms with Gasteiger partial charge in [0.05, 0.1) is 23.3 Å². The van der Waals surface area contributed by atoms with Gasteiger partial charge in [0.15, 0.2) is 0 Å². The molecule has 2 aromatic carbocycles. The zero-order valence-corrected chi connectivity index (χ0v) is 16.1. The molecule has 6 nitrogen and oxygen atoms in total. The molecule has 0 aliphatic carbocycles. The number of anilines is 1. The van der Waals surface area contributed by atoms with Crippen LogP contribution in [0.2, 0.25) is 0 Å². The largest absolute Gasteiger partial charge is 0.322 e. The van der Waals surface area contributed by atoms with Crippen molar-refractivity contribution in [1.29, 1.82) is 10.5 Å². The summed E-state index contributed by atoms with van der Waals surface area (Å²) in [5.74, 6) is -0.294. The van der Waals surface area contributed by atoms with Crippen molar-refractivity contribution in [2.24, 2.45) is 0 Å². The maximum absolute atomic E-state index is 12.7. The number of hydrogen-bond acceptors (Lipinski definition) is 5. The fraction of sp³-hybridized carbons (Fsp3) is 0.318. The Morgan fingerprint density at radius 3 is 2.75 bits per heavy atom. The van der Waals surface area contributed by atoms with Crippen molar-refractivity contribution in [2.45, 2.75) is 26.4 Å². The van der Waals surface area contributed by atoms with Crippen LogP contribution < -0.4 is 10.6 Å². The van der Waals surface area contributed by atoms with E-state index < -0.39 is 0 Å². The van der Waals surface area contributed by atoms with E-state index in [1.165, 1.54) is 0 Å². The second kappa shape index (κ2) is 8.67. The summed E-state index contributed by atoms with van der Waals surface area (Å²) >= 11 is 0. The number of benzene rings is 2. The lowest BCUT2D eigenvalue weighted by Gasteiger charge is -2.32. The van der Waals surface area contributed by atoms with Crippen molar-refractivity contribution in [1.82, 2.24) is 10.2 Å². The molecule has 1 fully saturated rings. The van der Waals surface area contributed by atoms with Gasteiger partial charge in [-0.25, -0.2) is 0 Å². The summed E-state index contributed by atoms with van der Waals surface area (Å²) in [6.07, 6.45) is 0. The number of nitrogens with one attached hydrogen (secondary N) is 2. The highest BCUT2D eigenvalue weighted by atomic mass is 16.1. The molecule has 2 aromatic rings. The van der Waals surface area contributed by atoms with E-state index in [2.05, 4.69) is 28.5 Å². The Hall–Kier alpha value is -3.19. The average Bonchev–Trinajstić information content (AvgIpc) is 2.70. The molecule has 1 amide bonds. The van der Waals surface area contributed by atoms with Crippen LogP contribution in [0.15, 0.2) is 36.4 Å². The standard InChI is InChI=1S/C22H23N5O/c1-15-13-27(7-6-25-15)14-20-9-18(12-24)10-21(16(20)2)26-22(28)19-5-3-4-17(8-19)11-23/h3-5,8-10,15,25H,6-7,13-14H2,1-2H3,(H,26,28)/t15-/m0/s1. The maximum atomic E-state index is 12.7. The lowest BCUT2D eigenvalue weighted by Crippen LogP contribution is -2.48. The van der Waals surface area contributed by atoms with Crippen LogP contribution in [-0.4, -0.2) is 36.5 Å². The van der Waals surface area contributed by atoms with E-state index >= 15 is 0 Å². The number of rotatable bonds is 4. The molecule has 142 valence electrons. The van der Waals surface area contributed by atoms with Crippen molar-refractivity contribution in [3.63, 3.8) is 0 Å². The Morgan fingerprint density at radius 1 is 1.25 bits per heavy atom. The van der Waals surface area contributed by atoms with Crippen LogP contribution in [-0.2, 0) is 6.54 Å². The van der Waals surface area contributed by atoms with Crippen molar-refractivity contribution in [3.05, 3.63) is 64.2 Å².